The molecule has 0 bridgehead atoms. The van der Waals surface area contributed by atoms with Gasteiger partial charge in [0.15, 0.2) is 9.84 Å². The summed E-state index contributed by atoms with van der Waals surface area (Å²) in [5, 5.41) is 2.93. The predicted molar refractivity (Wildman–Crippen MR) is 88.5 cm³/mol. The lowest BCUT2D eigenvalue weighted by Crippen LogP contribution is -2.47. The molecule has 0 spiro atoms. The van der Waals surface area contributed by atoms with Crippen LogP contribution in [0.15, 0.2) is 36.4 Å². The van der Waals surface area contributed by atoms with Gasteiger partial charge < -0.3 is 5.32 Å². The highest BCUT2D eigenvalue weighted by atomic mass is 32.2. The Morgan fingerprint density at radius 1 is 1.14 bits per heavy atom. The lowest BCUT2D eigenvalue weighted by molar-refractivity contribution is -0.117. The number of nitrogens with zero attached hydrogens (tertiary/aromatic N) is 1. The van der Waals surface area contributed by atoms with E-state index in [1.807, 2.05) is 30.3 Å². The monoisotopic (exact) mass is 320 g/mol. The standard InChI is InChI=1S/C16H20N2O3S/c1-11(2)22(20,21)16(3,4)15(19)18-14-10-9-12-7-5-6-8-13(12)17-14/h5-11H,1-4H3,(H,17,18,19). The number of para-hydroxylation sites is 1. The lowest BCUT2D eigenvalue weighted by atomic mass is 10.2. The molecule has 0 saturated heterocycles. The highest BCUT2D eigenvalue weighted by Crippen LogP contribution is 2.24. The van der Waals surface area contributed by atoms with Crippen LogP contribution in [-0.4, -0.2) is 29.3 Å². The van der Waals surface area contributed by atoms with Gasteiger partial charge in [0.25, 0.3) is 0 Å². The summed E-state index contributed by atoms with van der Waals surface area (Å²) >= 11 is 0. The molecule has 22 heavy (non-hydrogen) atoms. The SMILES string of the molecule is CC(C)S(=O)(=O)C(C)(C)C(=O)Nc1ccc2ccccc2n1. The van der Waals surface area contributed by atoms with E-state index in [1.54, 1.807) is 19.9 Å². The number of fused-ring (bicyclic) bond motifs is 1. The summed E-state index contributed by atoms with van der Waals surface area (Å²) in [6, 6.07) is 11.0. The zero-order valence-corrected chi connectivity index (χ0v) is 13.9. The second-order valence-corrected chi connectivity index (χ2v) is 9.00. The predicted octanol–water partition coefficient (Wildman–Crippen LogP) is 2.78. The molecule has 6 heteroatoms. The van der Waals surface area contributed by atoms with E-state index in [1.165, 1.54) is 13.8 Å². The van der Waals surface area contributed by atoms with Crippen LogP contribution in [0.5, 0.6) is 0 Å². The van der Waals surface area contributed by atoms with Crippen LogP contribution in [0.4, 0.5) is 5.82 Å². The van der Waals surface area contributed by atoms with Crippen LogP contribution in [0.2, 0.25) is 0 Å². The Labute approximate surface area is 130 Å². The van der Waals surface area contributed by atoms with E-state index in [0.717, 1.165) is 10.9 Å². The molecule has 0 aliphatic heterocycles. The number of benzene rings is 1. The summed E-state index contributed by atoms with van der Waals surface area (Å²) in [7, 11) is -3.58. The molecule has 1 amide bonds. The normalized spacial score (nSPS) is 12.6. The van der Waals surface area contributed by atoms with Crippen LogP contribution < -0.4 is 5.32 Å². The maximum absolute atomic E-state index is 12.4. The van der Waals surface area contributed by atoms with Gasteiger partial charge in [0.1, 0.15) is 10.6 Å². The Morgan fingerprint density at radius 3 is 2.41 bits per heavy atom. The first-order valence-electron chi connectivity index (χ1n) is 7.07. The van der Waals surface area contributed by atoms with Crippen LogP contribution in [0, 0.1) is 0 Å². The van der Waals surface area contributed by atoms with Crippen molar-refractivity contribution in [1.29, 1.82) is 0 Å². The molecule has 0 saturated carbocycles. The molecule has 0 fully saturated rings. The van der Waals surface area contributed by atoms with Gasteiger partial charge >= 0.3 is 0 Å². The van der Waals surface area contributed by atoms with Gasteiger partial charge in [-0.05, 0) is 45.9 Å². The molecular weight excluding hydrogens is 300 g/mol. The van der Waals surface area contributed by atoms with Crippen LogP contribution in [-0.2, 0) is 14.6 Å². The summed E-state index contributed by atoms with van der Waals surface area (Å²) in [5.74, 6) is -0.236. The summed E-state index contributed by atoms with van der Waals surface area (Å²) < 4.78 is 23.1. The summed E-state index contributed by atoms with van der Waals surface area (Å²) in [5.41, 5.74) is 0.741. The maximum Gasteiger partial charge on any atom is 0.246 e. The molecule has 1 N–H and O–H groups in total. The number of nitrogens with one attached hydrogen (secondary N) is 1. The zero-order valence-electron chi connectivity index (χ0n) is 13.1. The van der Waals surface area contributed by atoms with E-state index in [4.69, 9.17) is 0 Å². The van der Waals surface area contributed by atoms with Crippen molar-refractivity contribution in [2.75, 3.05) is 5.32 Å². The van der Waals surface area contributed by atoms with Crippen LogP contribution >= 0.6 is 0 Å². The molecule has 1 aromatic heterocycles. The van der Waals surface area contributed by atoms with Crippen molar-refractivity contribution in [3.8, 4) is 0 Å². The van der Waals surface area contributed by atoms with Crippen molar-refractivity contribution in [1.82, 2.24) is 4.98 Å². The van der Waals surface area contributed by atoms with E-state index < -0.39 is 25.7 Å². The Hall–Kier alpha value is -1.95. The Balaban J connectivity index is 2.30. The average Bonchev–Trinajstić information content (AvgIpc) is 2.46. The Morgan fingerprint density at radius 2 is 1.77 bits per heavy atom. The van der Waals surface area contributed by atoms with Gasteiger partial charge in [-0.15, -0.1) is 0 Å². The number of sulfone groups is 1. The van der Waals surface area contributed by atoms with Crippen molar-refractivity contribution in [3.05, 3.63) is 36.4 Å². The Bertz CT molecular complexity index is 811. The first-order chi connectivity index (χ1) is 10.2. The molecule has 0 unspecified atom stereocenters. The van der Waals surface area contributed by atoms with Gasteiger partial charge in [-0.25, -0.2) is 13.4 Å². The molecule has 118 valence electrons. The average molecular weight is 320 g/mol. The molecule has 2 rings (SSSR count). The van der Waals surface area contributed by atoms with Crippen LogP contribution in [0.25, 0.3) is 10.9 Å². The van der Waals surface area contributed by atoms with E-state index >= 15 is 0 Å². The molecule has 0 aliphatic rings. The Kier molecular flexibility index (Phi) is 4.24. The van der Waals surface area contributed by atoms with Crippen molar-refractivity contribution in [2.45, 2.75) is 37.7 Å². The summed E-state index contributed by atoms with van der Waals surface area (Å²) in [6.07, 6.45) is 0. The van der Waals surface area contributed by atoms with Crippen molar-refractivity contribution < 1.29 is 13.2 Å². The number of carbonyl (C=O) groups is 1. The first-order valence-corrected chi connectivity index (χ1v) is 8.61. The van der Waals surface area contributed by atoms with Crippen molar-refractivity contribution >= 4 is 32.5 Å². The number of hydrogen-bond donors (Lipinski definition) is 1. The summed E-state index contributed by atoms with van der Waals surface area (Å²) in [4.78, 5) is 16.7. The second kappa shape index (κ2) is 5.68. The highest BCUT2D eigenvalue weighted by Gasteiger charge is 2.43. The molecule has 2 aromatic rings. The topological polar surface area (TPSA) is 76.1 Å². The van der Waals surface area contributed by atoms with Gasteiger partial charge in [-0.3, -0.25) is 4.79 Å². The summed E-state index contributed by atoms with van der Waals surface area (Å²) in [6.45, 7) is 5.97. The van der Waals surface area contributed by atoms with Gasteiger partial charge in [-0.1, -0.05) is 18.2 Å². The van der Waals surface area contributed by atoms with Crippen molar-refractivity contribution in [3.63, 3.8) is 0 Å². The number of carbonyl (C=O) groups excluding carboxylic acids is 1. The third-order valence-corrected chi connectivity index (χ3v) is 6.57. The van der Waals surface area contributed by atoms with Gasteiger partial charge in [0, 0.05) is 5.39 Å². The lowest BCUT2D eigenvalue weighted by Gasteiger charge is -2.25. The maximum atomic E-state index is 12.4. The third-order valence-electron chi connectivity index (χ3n) is 3.72. The molecule has 1 aromatic carbocycles. The molecule has 0 aliphatic carbocycles. The van der Waals surface area contributed by atoms with E-state index in [2.05, 4.69) is 10.3 Å². The molecule has 0 atom stereocenters. The minimum atomic E-state index is -3.58. The minimum absolute atomic E-state index is 0.343. The fourth-order valence-electron chi connectivity index (χ4n) is 2.12. The molecule has 1 heterocycles. The number of rotatable bonds is 4. The van der Waals surface area contributed by atoms with Crippen molar-refractivity contribution in [2.24, 2.45) is 0 Å². The highest BCUT2D eigenvalue weighted by molar-refractivity contribution is 7.94. The molecule has 5 nitrogen and oxygen atoms in total. The molecular formula is C16H20N2O3S. The number of amides is 1. The van der Waals surface area contributed by atoms with E-state index in [0.29, 0.717) is 5.82 Å². The smallest absolute Gasteiger partial charge is 0.246 e. The van der Waals surface area contributed by atoms with Crippen LogP contribution in [0.1, 0.15) is 27.7 Å². The fraction of sp³-hybridized carbons (Fsp3) is 0.375. The van der Waals surface area contributed by atoms with E-state index in [-0.39, 0.29) is 0 Å². The second-order valence-electron chi connectivity index (χ2n) is 5.95. The van der Waals surface area contributed by atoms with Gasteiger partial charge in [0.05, 0.1) is 10.8 Å². The van der Waals surface area contributed by atoms with Crippen LogP contribution in [0.3, 0.4) is 0 Å². The largest absolute Gasteiger partial charge is 0.309 e. The number of anilines is 1. The van der Waals surface area contributed by atoms with E-state index in [9.17, 15) is 13.2 Å². The van der Waals surface area contributed by atoms with Gasteiger partial charge in [0.2, 0.25) is 5.91 Å². The number of hydrogen-bond acceptors (Lipinski definition) is 4. The molecule has 0 radical (unpaired) electrons. The zero-order chi connectivity index (χ0) is 16.5. The number of pyridine rings is 1. The fourth-order valence-corrected chi connectivity index (χ4v) is 3.61. The third kappa shape index (κ3) is 2.83. The number of aromatic nitrogens is 1. The van der Waals surface area contributed by atoms with Gasteiger partial charge in [-0.2, -0.15) is 0 Å². The first kappa shape index (κ1) is 16.4. The quantitative estimate of drug-likeness (QED) is 0.940. The minimum Gasteiger partial charge on any atom is -0.309 e.